The third kappa shape index (κ3) is 2.46. The van der Waals surface area contributed by atoms with Gasteiger partial charge in [0, 0.05) is 31.7 Å². The van der Waals surface area contributed by atoms with E-state index in [4.69, 9.17) is 0 Å². The van der Waals surface area contributed by atoms with Crippen LogP contribution in [-0.4, -0.2) is 14.5 Å². The van der Waals surface area contributed by atoms with Crippen LogP contribution in [0.1, 0.15) is 24.5 Å². The average Bonchev–Trinajstić information content (AvgIpc) is 2.73. The van der Waals surface area contributed by atoms with E-state index in [1.165, 1.54) is 0 Å². The Morgan fingerprint density at radius 2 is 2.19 bits per heavy atom. The first kappa shape index (κ1) is 10.8. The molecule has 16 heavy (non-hydrogen) atoms. The molecule has 0 aliphatic rings. The molecule has 0 saturated carbocycles. The number of pyridine rings is 1. The highest BCUT2D eigenvalue weighted by atomic mass is 15.1. The number of nitrogens with one attached hydrogen (secondary N) is 1. The molecule has 0 aliphatic carbocycles. The Kier molecular flexibility index (Phi) is 3.31. The maximum absolute atomic E-state index is 4.31. The molecule has 4 nitrogen and oxygen atoms in total. The molecule has 0 spiro atoms. The second kappa shape index (κ2) is 4.90. The lowest BCUT2D eigenvalue weighted by Crippen LogP contribution is -2.20. The number of aromatic nitrogens is 3. The Bertz CT molecular complexity index is 435. The van der Waals surface area contributed by atoms with E-state index in [9.17, 15) is 0 Å². The Hall–Kier alpha value is -1.68. The molecule has 0 saturated heterocycles. The second-order valence-corrected chi connectivity index (χ2v) is 3.81. The SMILES string of the molecule is C[C@H](NCc1nccn1C)c1ccccn1. The molecule has 0 unspecified atom stereocenters. The minimum absolute atomic E-state index is 0.234. The van der Waals surface area contributed by atoms with Crippen LogP contribution in [-0.2, 0) is 13.6 Å². The summed E-state index contributed by atoms with van der Waals surface area (Å²) in [7, 11) is 2.00. The summed E-state index contributed by atoms with van der Waals surface area (Å²) in [6.45, 7) is 2.85. The molecule has 0 fully saturated rings. The summed E-state index contributed by atoms with van der Waals surface area (Å²) in [6.07, 6.45) is 5.57. The van der Waals surface area contributed by atoms with Crippen molar-refractivity contribution in [1.82, 2.24) is 19.9 Å². The molecule has 4 heteroatoms. The zero-order valence-corrected chi connectivity index (χ0v) is 9.59. The van der Waals surface area contributed by atoms with Crippen LogP contribution in [0.3, 0.4) is 0 Å². The van der Waals surface area contributed by atoms with Crippen molar-refractivity contribution < 1.29 is 0 Å². The monoisotopic (exact) mass is 216 g/mol. The van der Waals surface area contributed by atoms with E-state index in [-0.39, 0.29) is 6.04 Å². The number of hydrogen-bond acceptors (Lipinski definition) is 3. The second-order valence-electron chi connectivity index (χ2n) is 3.81. The first-order valence-corrected chi connectivity index (χ1v) is 5.38. The maximum Gasteiger partial charge on any atom is 0.122 e. The summed E-state index contributed by atoms with van der Waals surface area (Å²) in [5.41, 5.74) is 1.05. The molecule has 2 heterocycles. The zero-order valence-electron chi connectivity index (χ0n) is 9.59. The number of aryl methyl sites for hydroxylation is 1. The summed E-state index contributed by atoms with van der Waals surface area (Å²) in [4.78, 5) is 8.57. The summed E-state index contributed by atoms with van der Waals surface area (Å²) in [5, 5.41) is 3.40. The van der Waals surface area contributed by atoms with Crippen molar-refractivity contribution in [3.8, 4) is 0 Å². The lowest BCUT2D eigenvalue weighted by Gasteiger charge is -2.12. The third-order valence-corrected chi connectivity index (χ3v) is 2.62. The molecule has 2 rings (SSSR count). The maximum atomic E-state index is 4.31. The van der Waals surface area contributed by atoms with Gasteiger partial charge in [-0.1, -0.05) is 6.07 Å². The van der Waals surface area contributed by atoms with Crippen molar-refractivity contribution in [3.63, 3.8) is 0 Å². The van der Waals surface area contributed by atoms with Crippen molar-refractivity contribution in [3.05, 3.63) is 48.3 Å². The normalized spacial score (nSPS) is 12.6. The standard InChI is InChI=1S/C12H16N4/c1-10(11-5-3-4-6-13-11)15-9-12-14-7-8-16(12)2/h3-8,10,15H,9H2,1-2H3/t10-/m0/s1. The lowest BCUT2D eigenvalue weighted by molar-refractivity contribution is 0.538. The van der Waals surface area contributed by atoms with Crippen LogP contribution >= 0.6 is 0 Å². The van der Waals surface area contributed by atoms with Gasteiger partial charge in [-0.3, -0.25) is 4.98 Å². The third-order valence-electron chi connectivity index (χ3n) is 2.62. The molecule has 0 aromatic carbocycles. The van der Waals surface area contributed by atoms with Crippen LogP contribution in [0, 0.1) is 0 Å². The van der Waals surface area contributed by atoms with E-state index in [1.54, 1.807) is 0 Å². The van der Waals surface area contributed by atoms with E-state index >= 15 is 0 Å². The van der Waals surface area contributed by atoms with Gasteiger partial charge in [-0.2, -0.15) is 0 Å². The molecule has 84 valence electrons. The fourth-order valence-electron chi connectivity index (χ4n) is 1.55. The minimum atomic E-state index is 0.234. The van der Waals surface area contributed by atoms with Gasteiger partial charge >= 0.3 is 0 Å². The number of hydrogen-bond donors (Lipinski definition) is 1. The van der Waals surface area contributed by atoms with Gasteiger partial charge in [-0.25, -0.2) is 4.98 Å². The molecule has 1 N–H and O–H groups in total. The van der Waals surface area contributed by atoms with Gasteiger partial charge in [-0.05, 0) is 19.1 Å². The Morgan fingerprint density at radius 1 is 1.31 bits per heavy atom. The van der Waals surface area contributed by atoms with Crippen molar-refractivity contribution in [2.45, 2.75) is 19.5 Å². The molecule has 0 aliphatic heterocycles. The molecule has 0 radical (unpaired) electrons. The van der Waals surface area contributed by atoms with Gasteiger partial charge in [0.25, 0.3) is 0 Å². The van der Waals surface area contributed by atoms with Crippen LogP contribution in [0.25, 0.3) is 0 Å². The Balaban J connectivity index is 1.94. The van der Waals surface area contributed by atoms with E-state index in [2.05, 4.69) is 22.2 Å². The van der Waals surface area contributed by atoms with Gasteiger partial charge < -0.3 is 9.88 Å². The van der Waals surface area contributed by atoms with Gasteiger partial charge in [0.2, 0.25) is 0 Å². The fraction of sp³-hybridized carbons (Fsp3) is 0.333. The first-order valence-electron chi connectivity index (χ1n) is 5.38. The predicted molar refractivity (Wildman–Crippen MR) is 62.7 cm³/mol. The first-order chi connectivity index (χ1) is 7.77. The lowest BCUT2D eigenvalue weighted by atomic mass is 10.2. The molecule has 2 aromatic heterocycles. The zero-order chi connectivity index (χ0) is 11.4. The fourth-order valence-corrected chi connectivity index (χ4v) is 1.55. The van der Waals surface area contributed by atoms with Gasteiger partial charge in [-0.15, -0.1) is 0 Å². The van der Waals surface area contributed by atoms with Gasteiger partial charge in [0.05, 0.1) is 12.2 Å². The number of nitrogens with zero attached hydrogens (tertiary/aromatic N) is 3. The van der Waals surface area contributed by atoms with Crippen LogP contribution in [0.4, 0.5) is 0 Å². The Morgan fingerprint density at radius 3 is 2.81 bits per heavy atom. The van der Waals surface area contributed by atoms with Crippen LogP contribution < -0.4 is 5.32 Å². The topological polar surface area (TPSA) is 42.7 Å². The van der Waals surface area contributed by atoms with Crippen molar-refractivity contribution >= 4 is 0 Å². The van der Waals surface area contributed by atoms with E-state index in [0.717, 1.165) is 18.1 Å². The molecule has 0 amide bonds. The Labute approximate surface area is 95.4 Å². The highest BCUT2D eigenvalue weighted by Gasteiger charge is 2.06. The highest BCUT2D eigenvalue weighted by Crippen LogP contribution is 2.08. The van der Waals surface area contributed by atoms with Gasteiger partial charge in [0.1, 0.15) is 5.82 Å². The van der Waals surface area contributed by atoms with Gasteiger partial charge in [0.15, 0.2) is 0 Å². The van der Waals surface area contributed by atoms with Crippen LogP contribution in [0.5, 0.6) is 0 Å². The van der Waals surface area contributed by atoms with E-state index in [0.29, 0.717) is 0 Å². The summed E-state index contributed by atoms with van der Waals surface area (Å²) in [5.74, 6) is 1.03. The molecular formula is C12H16N4. The van der Waals surface area contributed by atoms with E-state index in [1.807, 2.05) is 48.4 Å². The predicted octanol–water partition coefficient (Wildman–Crippen LogP) is 1.67. The minimum Gasteiger partial charge on any atom is -0.337 e. The molecule has 1 atom stereocenters. The van der Waals surface area contributed by atoms with Crippen LogP contribution in [0.2, 0.25) is 0 Å². The smallest absolute Gasteiger partial charge is 0.122 e. The van der Waals surface area contributed by atoms with E-state index < -0.39 is 0 Å². The van der Waals surface area contributed by atoms with Crippen molar-refractivity contribution in [1.29, 1.82) is 0 Å². The molecule has 0 bridgehead atoms. The molecular weight excluding hydrogens is 200 g/mol. The van der Waals surface area contributed by atoms with Crippen molar-refractivity contribution in [2.75, 3.05) is 0 Å². The van der Waals surface area contributed by atoms with Crippen LogP contribution in [0.15, 0.2) is 36.8 Å². The quantitative estimate of drug-likeness (QED) is 0.845. The number of rotatable bonds is 4. The average molecular weight is 216 g/mol. The summed E-state index contributed by atoms with van der Waals surface area (Å²) >= 11 is 0. The van der Waals surface area contributed by atoms with Crippen molar-refractivity contribution in [2.24, 2.45) is 7.05 Å². The largest absolute Gasteiger partial charge is 0.337 e. The summed E-state index contributed by atoms with van der Waals surface area (Å²) < 4.78 is 2.01. The molecule has 2 aromatic rings. The summed E-state index contributed by atoms with van der Waals surface area (Å²) in [6, 6.07) is 6.18. The highest BCUT2D eigenvalue weighted by molar-refractivity contribution is 5.07. The number of imidazole rings is 1.